The quantitative estimate of drug-likeness (QED) is 0.436. The van der Waals surface area contributed by atoms with Crippen molar-refractivity contribution < 1.29 is 53.4 Å². The third-order valence-electron chi connectivity index (χ3n) is 5.20. The zero-order valence-corrected chi connectivity index (χ0v) is 15.5. The van der Waals surface area contributed by atoms with Crippen molar-refractivity contribution in [2.45, 2.75) is 88.5 Å². The summed E-state index contributed by atoms with van der Waals surface area (Å²) in [6, 6.07) is 0. The van der Waals surface area contributed by atoms with Crippen LogP contribution in [0.4, 0.5) is 43.9 Å². The zero-order valence-electron chi connectivity index (χ0n) is 15.5. The van der Waals surface area contributed by atoms with Crippen LogP contribution in [0.5, 0.6) is 0 Å². The molecule has 0 radical (unpaired) electrons. The van der Waals surface area contributed by atoms with Gasteiger partial charge in [0.15, 0.2) is 0 Å². The van der Waals surface area contributed by atoms with Crippen LogP contribution in [-0.2, 0) is 9.47 Å². The summed E-state index contributed by atoms with van der Waals surface area (Å²) in [5, 5.41) is 0. The fraction of sp³-hybridized carbons (Fsp3) is 1.00. The van der Waals surface area contributed by atoms with Crippen LogP contribution < -0.4 is 0 Å². The minimum atomic E-state index is -6.32. The van der Waals surface area contributed by atoms with Crippen molar-refractivity contribution in [2.75, 3.05) is 7.11 Å². The van der Waals surface area contributed by atoms with Crippen LogP contribution in [-0.4, -0.2) is 48.1 Å². The molecule has 12 heteroatoms. The molecule has 4 atom stereocenters. The first-order valence-corrected chi connectivity index (χ1v) is 7.78. The van der Waals surface area contributed by atoms with Gasteiger partial charge in [-0.3, -0.25) is 0 Å². The van der Waals surface area contributed by atoms with Crippen LogP contribution in [0.2, 0.25) is 0 Å². The summed E-state index contributed by atoms with van der Waals surface area (Å²) in [6.07, 6.45) is -20.1. The van der Waals surface area contributed by atoms with Gasteiger partial charge in [-0.1, -0.05) is 13.8 Å². The lowest BCUT2D eigenvalue weighted by molar-refractivity contribution is -0.451. The molecule has 2 nitrogen and oxygen atoms in total. The van der Waals surface area contributed by atoms with E-state index in [0.29, 0.717) is 14.0 Å². The molecule has 0 aromatic carbocycles. The first-order valence-electron chi connectivity index (χ1n) is 7.78. The van der Waals surface area contributed by atoms with Crippen molar-refractivity contribution in [3.8, 4) is 0 Å². The van der Waals surface area contributed by atoms with E-state index in [0.717, 1.165) is 13.8 Å². The maximum Gasteiger partial charge on any atom is 0.434 e. The molecule has 0 saturated carbocycles. The molecule has 0 bridgehead atoms. The van der Waals surface area contributed by atoms with E-state index in [1.807, 2.05) is 0 Å². The molecule has 0 amide bonds. The van der Waals surface area contributed by atoms with Crippen LogP contribution in [0.15, 0.2) is 0 Å². The number of hydrogen-bond donors (Lipinski definition) is 0. The van der Waals surface area contributed by atoms with Gasteiger partial charge in [-0.25, -0.2) is 8.78 Å². The summed E-state index contributed by atoms with van der Waals surface area (Å²) >= 11 is 0. The summed E-state index contributed by atoms with van der Waals surface area (Å²) in [6.45, 7) is 2.06. The Morgan fingerprint density at radius 2 is 1.00 bits per heavy atom. The van der Waals surface area contributed by atoms with E-state index in [9.17, 15) is 43.9 Å². The van der Waals surface area contributed by atoms with E-state index in [2.05, 4.69) is 9.47 Å². The zero-order chi connectivity index (χ0) is 22.3. The predicted octanol–water partition coefficient (Wildman–Crippen LogP) is 6.14. The fourth-order valence-corrected chi connectivity index (χ4v) is 2.45. The van der Waals surface area contributed by atoms with Gasteiger partial charge in [0, 0.05) is 7.11 Å². The van der Waals surface area contributed by atoms with Gasteiger partial charge >= 0.3 is 24.1 Å². The Labute approximate surface area is 150 Å². The van der Waals surface area contributed by atoms with Gasteiger partial charge in [0.25, 0.3) is 0 Å². The second kappa shape index (κ2) is 7.23. The summed E-state index contributed by atoms with van der Waals surface area (Å²) in [5.41, 5.74) is -16.9. The lowest BCUT2D eigenvalue weighted by Crippen LogP contribution is -2.72. The molecule has 0 aliphatic rings. The molecule has 0 aliphatic carbocycles. The molecule has 0 aliphatic heterocycles. The number of hydrogen-bond acceptors (Lipinski definition) is 2. The van der Waals surface area contributed by atoms with E-state index in [1.165, 1.54) is 0 Å². The van der Waals surface area contributed by atoms with Gasteiger partial charge in [-0.15, -0.1) is 0 Å². The number of alkyl halides is 10. The van der Waals surface area contributed by atoms with Crippen LogP contribution in [0.3, 0.4) is 0 Å². The summed E-state index contributed by atoms with van der Waals surface area (Å²) in [4.78, 5) is 0. The van der Waals surface area contributed by atoms with Crippen molar-refractivity contribution in [1.82, 2.24) is 0 Å². The van der Waals surface area contributed by atoms with E-state index in [1.54, 1.807) is 0 Å². The summed E-state index contributed by atoms with van der Waals surface area (Å²) in [5.74, 6) is 0. The number of rotatable bonds is 8. The third-order valence-corrected chi connectivity index (χ3v) is 5.20. The molecular weight excluding hydrogens is 402 g/mol. The van der Waals surface area contributed by atoms with E-state index in [4.69, 9.17) is 0 Å². The molecule has 0 N–H and O–H groups in total. The van der Waals surface area contributed by atoms with Crippen molar-refractivity contribution in [3.05, 3.63) is 0 Å². The van der Waals surface area contributed by atoms with Crippen LogP contribution in [0, 0.1) is 0 Å². The predicted molar refractivity (Wildman–Crippen MR) is 75.9 cm³/mol. The van der Waals surface area contributed by atoms with Gasteiger partial charge in [0.2, 0.25) is 5.67 Å². The Hall–Kier alpha value is -0.780. The normalized spacial score (nSPS) is 23.1. The molecule has 0 saturated heterocycles. The Morgan fingerprint density at radius 3 is 1.22 bits per heavy atom. The van der Waals surface area contributed by atoms with Crippen LogP contribution in [0.1, 0.15) is 47.5 Å². The molecular formula is C15H22F10O2. The highest BCUT2D eigenvalue weighted by molar-refractivity contribution is 5.11. The van der Waals surface area contributed by atoms with Crippen molar-refractivity contribution >= 4 is 0 Å². The number of ether oxygens (including phenoxy) is 2. The van der Waals surface area contributed by atoms with Gasteiger partial charge < -0.3 is 9.47 Å². The molecule has 0 aromatic rings. The molecule has 164 valence electrons. The Kier molecular flexibility index (Phi) is 7.03. The van der Waals surface area contributed by atoms with Crippen LogP contribution >= 0.6 is 0 Å². The summed E-state index contributed by atoms with van der Waals surface area (Å²) in [7, 11) is 0.521. The van der Waals surface area contributed by atoms with Gasteiger partial charge in [0.05, 0.1) is 0 Å². The lowest BCUT2D eigenvalue weighted by Gasteiger charge is -2.49. The Balaban J connectivity index is 6.57. The molecule has 0 heterocycles. The maximum absolute atomic E-state index is 14.9. The molecule has 0 fully saturated rings. The monoisotopic (exact) mass is 424 g/mol. The highest BCUT2D eigenvalue weighted by Gasteiger charge is 2.82. The minimum absolute atomic E-state index is 0.171. The Bertz CT molecular complexity index is 510. The SMILES string of the molecule is CCC(C)(OC(F)(F)C(F)(C(F)(F)F)C(C)(CC)OC)C(C)(F)C(F)(F)F. The van der Waals surface area contributed by atoms with E-state index >= 15 is 0 Å². The highest BCUT2D eigenvalue weighted by atomic mass is 19.4. The van der Waals surface area contributed by atoms with Gasteiger partial charge in [-0.05, 0) is 33.6 Å². The smallest absolute Gasteiger partial charge is 0.374 e. The average molecular weight is 424 g/mol. The van der Waals surface area contributed by atoms with E-state index < -0.39 is 53.8 Å². The highest BCUT2D eigenvalue weighted by Crippen LogP contribution is 2.57. The van der Waals surface area contributed by atoms with Crippen molar-refractivity contribution in [3.63, 3.8) is 0 Å². The topological polar surface area (TPSA) is 18.5 Å². The number of methoxy groups -OCH3 is 1. The first kappa shape index (κ1) is 26.2. The second-order valence-electron chi connectivity index (χ2n) is 6.65. The molecule has 0 aromatic heterocycles. The molecule has 4 unspecified atom stereocenters. The van der Waals surface area contributed by atoms with Gasteiger partial charge in [0.1, 0.15) is 11.2 Å². The minimum Gasteiger partial charge on any atom is -0.374 e. The van der Waals surface area contributed by atoms with E-state index in [-0.39, 0.29) is 13.8 Å². The standard InChI is InChI=1S/C15H22F10O2/c1-7-9(3,11(5,16)13(18,19)20)27-15(24,25)12(17,14(21,22)23)10(4,8-2)26-6/h7-8H2,1-6H3. The number of halogens is 10. The van der Waals surface area contributed by atoms with Crippen molar-refractivity contribution in [1.29, 1.82) is 0 Å². The first-order chi connectivity index (χ1) is 11.6. The lowest BCUT2D eigenvalue weighted by atomic mass is 9.80. The van der Waals surface area contributed by atoms with Gasteiger partial charge in [-0.2, -0.15) is 35.1 Å². The average Bonchev–Trinajstić information content (AvgIpc) is 2.50. The van der Waals surface area contributed by atoms with Crippen molar-refractivity contribution in [2.24, 2.45) is 0 Å². The third kappa shape index (κ3) is 3.88. The molecule has 27 heavy (non-hydrogen) atoms. The Morgan fingerprint density at radius 1 is 0.630 bits per heavy atom. The molecule has 0 spiro atoms. The molecule has 0 rings (SSSR count). The second-order valence-corrected chi connectivity index (χ2v) is 6.65. The fourth-order valence-electron chi connectivity index (χ4n) is 2.45. The largest absolute Gasteiger partial charge is 0.434 e. The van der Waals surface area contributed by atoms with Crippen LogP contribution in [0.25, 0.3) is 0 Å². The summed E-state index contributed by atoms with van der Waals surface area (Å²) < 4.78 is 145. The maximum atomic E-state index is 14.9.